The molecule has 1 saturated heterocycles. The van der Waals surface area contributed by atoms with E-state index in [1.54, 1.807) is 24.3 Å². The van der Waals surface area contributed by atoms with Gasteiger partial charge in [0.1, 0.15) is 18.3 Å². The highest BCUT2D eigenvalue weighted by Gasteiger charge is 2.48. The number of aliphatic hydroxyl groups is 3. The molecule has 3 rings (SSSR count). The van der Waals surface area contributed by atoms with E-state index in [1.165, 1.54) is 40.6 Å². The van der Waals surface area contributed by atoms with E-state index >= 15 is 0 Å². The van der Waals surface area contributed by atoms with E-state index in [1.807, 2.05) is 0 Å². The molecule has 5 N–H and O–H groups in total. The SMILES string of the molecule is COc1ccc(/C=C/c2cc(OC)c(OC)c(OC)c2)c(O[C@@H]2O[C@H](C(=O)O)[C@@H](O)[C@H](O)[C@H]2O)c1O. The van der Waals surface area contributed by atoms with E-state index in [2.05, 4.69) is 0 Å². The maximum absolute atomic E-state index is 11.4. The molecule has 0 bridgehead atoms. The normalized spacial score (nSPS) is 23.8. The van der Waals surface area contributed by atoms with Gasteiger partial charge in [-0.3, -0.25) is 0 Å². The number of aromatic hydroxyl groups is 1. The molecule has 196 valence electrons. The van der Waals surface area contributed by atoms with Gasteiger partial charge in [0.15, 0.2) is 29.1 Å². The Morgan fingerprint density at radius 1 is 0.833 bits per heavy atom. The number of benzene rings is 2. The Morgan fingerprint density at radius 3 is 1.97 bits per heavy atom. The zero-order valence-electron chi connectivity index (χ0n) is 19.9. The number of methoxy groups -OCH3 is 4. The molecule has 0 radical (unpaired) electrons. The van der Waals surface area contributed by atoms with Gasteiger partial charge in [0.05, 0.1) is 28.4 Å². The van der Waals surface area contributed by atoms with Crippen molar-refractivity contribution in [2.24, 2.45) is 0 Å². The fourth-order valence-corrected chi connectivity index (χ4v) is 3.64. The minimum atomic E-state index is -1.89. The summed E-state index contributed by atoms with van der Waals surface area (Å²) in [5, 5.41) is 50.3. The van der Waals surface area contributed by atoms with Crippen LogP contribution in [-0.2, 0) is 9.53 Å². The minimum Gasteiger partial charge on any atom is -0.502 e. The molecule has 0 saturated carbocycles. The molecule has 2 aromatic carbocycles. The number of carboxylic acid groups (broad SMARTS) is 1. The predicted molar refractivity (Wildman–Crippen MR) is 125 cm³/mol. The lowest BCUT2D eigenvalue weighted by Gasteiger charge is -2.38. The summed E-state index contributed by atoms with van der Waals surface area (Å²) in [7, 11) is 5.75. The van der Waals surface area contributed by atoms with Gasteiger partial charge < -0.3 is 54.0 Å². The number of carbonyl (C=O) groups is 1. The molecule has 0 unspecified atom stereocenters. The van der Waals surface area contributed by atoms with Gasteiger partial charge in [-0.15, -0.1) is 0 Å². The monoisotopic (exact) mass is 508 g/mol. The molecule has 1 fully saturated rings. The van der Waals surface area contributed by atoms with Crippen molar-refractivity contribution in [1.29, 1.82) is 0 Å². The Labute approximate surface area is 206 Å². The van der Waals surface area contributed by atoms with E-state index in [9.17, 15) is 30.3 Å². The third kappa shape index (κ3) is 5.26. The van der Waals surface area contributed by atoms with Crippen LogP contribution in [0.2, 0.25) is 0 Å². The van der Waals surface area contributed by atoms with E-state index in [-0.39, 0.29) is 17.1 Å². The van der Waals surface area contributed by atoms with Crippen LogP contribution in [0.5, 0.6) is 34.5 Å². The molecular formula is C24H28O12. The predicted octanol–water partition coefficient (Wildman–Crippen LogP) is 0.868. The lowest BCUT2D eigenvalue weighted by atomic mass is 9.99. The lowest BCUT2D eigenvalue weighted by Crippen LogP contribution is -2.61. The molecule has 0 spiro atoms. The quantitative estimate of drug-likeness (QED) is 0.303. The van der Waals surface area contributed by atoms with Crippen molar-refractivity contribution in [2.75, 3.05) is 28.4 Å². The van der Waals surface area contributed by atoms with Gasteiger partial charge in [-0.1, -0.05) is 12.2 Å². The fourth-order valence-electron chi connectivity index (χ4n) is 3.64. The highest BCUT2D eigenvalue weighted by atomic mass is 16.7. The van der Waals surface area contributed by atoms with Crippen molar-refractivity contribution in [2.45, 2.75) is 30.7 Å². The zero-order chi connectivity index (χ0) is 26.6. The number of aliphatic hydroxyl groups excluding tert-OH is 3. The van der Waals surface area contributed by atoms with Crippen molar-refractivity contribution in [1.82, 2.24) is 0 Å². The average molecular weight is 508 g/mol. The van der Waals surface area contributed by atoms with E-state index < -0.39 is 42.4 Å². The summed E-state index contributed by atoms with van der Waals surface area (Å²) in [6.45, 7) is 0. The van der Waals surface area contributed by atoms with Crippen LogP contribution >= 0.6 is 0 Å². The third-order valence-electron chi connectivity index (χ3n) is 5.53. The number of carboxylic acids is 1. The topological polar surface area (TPSA) is 174 Å². The molecule has 0 amide bonds. The van der Waals surface area contributed by atoms with Gasteiger partial charge in [0, 0.05) is 5.56 Å². The Hall–Kier alpha value is -3.71. The molecule has 12 nitrogen and oxygen atoms in total. The first-order chi connectivity index (χ1) is 17.2. The number of aliphatic carboxylic acids is 1. The maximum Gasteiger partial charge on any atom is 0.335 e. The first kappa shape index (κ1) is 26.9. The summed E-state index contributed by atoms with van der Waals surface area (Å²) < 4.78 is 31.9. The summed E-state index contributed by atoms with van der Waals surface area (Å²) in [5.74, 6) is -1.01. The maximum atomic E-state index is 11.4. The summed E-state index contributed by atoms with van der Waals surface area (Å²) in [6.07, 6.45) is -6.01. The molecule has 1 aliphatic heterocycles. The van der Waals surface area contributed by atoms with Gasteiger partial charge in [0.2, 0.25) is 17.8 Å². The van der Waals surface area contributed by atoms with E-state index in [4.69, 9.17) is 28.4 Å². The second-order valence-corrected chi connectivity index (χ2v) is 7.68. The molecule has 0 aliphatic carbocycles. The number of phenolic OH excluding ortho intramolecular Hbond substituents is 1. The van der Waals surface area contributed by atoms with Gasteiger partial charge >= 0.3 is 5.97 Å². The van der Waals surface area contributed by atoms with Gasteiger partial charge in [-0.05, 0) is 29.8 Å². The van der Waals surface area contributed by atoms with Crippen molar-refractivity contribution in [3.8, 4) is 34.5 Å². The van der Waals surface area contributed by atoms with Crippen molar-refractivity contribution >= 4 is 18.1 Å². The second kappa shape index (κ2) is 11.4. The Morgan fingerprint density at radius 2 is 1.44 bits per heavy atom. The van der Waals surface area contributed by atoms with Crippen LogP contribution in [0.4, 0.5) is 0 Å². The first-order valence-electron chi connectivity index (χ1n) is 10.6. The highest BCUT2D eigenvalue weighted by molar-refractivity contribution is 5.77. The summed E-state index contributed by atoms with van der Waals surface area (Å²) in [6, 6.07) is 6.38. The average Bonchev–Trinajstić information content (AvgIpc) is 2.87. The standard InChI is InChI=1S/C24H28O12/c1-31-13-8-7-12(6-5-11-9-14(32-2)21(34-4)15(10-11)33-3)20(16(13)25)35-24-19(28)17(26)18(27)22(36-24)23(29)30/h5-10,17-19,22,24-28H,1-4H3,(H,29,30)/b6-5+/t17-,18-,19+,22-,24+/m0/s1. The van der Waals surface area contributed by atoms with Gasteiger partial charge in [-0.25, -0.2) is 4.79 Å². The third-order valence-corrected chi connectivity index (χ3v) is 5.53. The van der Waals surface area contributed by atoms with Gasteiger partial charge in [0.25, 0.3) is 0 Å². The molecule has 1 aliphatic rings. The number of phenols is 1. The lowest BCUT2D eigenvalue weighted by molar-refractivity contribution is -0.271. The molecule has 12 heteroatoms. The van der Waals surface area contributed by atoms with Crippen LogP contribution < -0.4 is 23.7 Å². The Kier molecular flexibility index (Phi) is 8.48. The molecular weight excluding hydrogens is 480 g/mol. The number of ether oxygens (including phenoxy) is 6. The number of hydrogen-bond acceptors (Lipinski definition) is 11. The van der Waals surface area contributed by atoms with Crippen LogP contribution in [0.1, 0.15) is 11.1 Å². The molecule has 1 heterocycles. The molecule has 5 atom stereocenters. The minimum absolute atomic E-state index is 0.0237. The van der Waals surface area contributed by atoms with E-state index in [0.717, 1.165) is 0 Å². The van der Waals surface area contributed by atoms with Gasteiger partial charge in [-0.2, -0.15) is 0 Å². The van der Waals surface area contributed by atoms with Crippen LogP contribution in [0, 0.1) is 0 Å². The summed E-state index contributed by atoms with van der Waals surface area (Å²) >= 11 is 0. The first-order valence-corrected chi connectivity index (χ1v) is 10.6. The molecule has 2 aromatic rings. The summed E-state index contributed by atoms with van der Waals surface area (Å²) in [5.41, 5.74) is 0.912. The second-order valence-electron chi connectivity index (χ2n) is 7.68. The fraction of sp³-hybridized carbons (Fsp3) is 0.375. The molecule has 36 heavy (non-hydrogen) atoms. The highest BCUT2D eigenvalue weighted by Crippen LogP contribution is 2.42. The zero-order valence-corrected chi connectivity index (χ0v) is 19.9. The Balaban J connectivity index is 2.00. The summed E-state index contributed by atoms with van der Waals surface area (Å²) in [4.78, 5) is 11.4. The van der Waals surface area contributed by atoms with Crippen LogP contribution in [0.3, 0.4) is 0 Å². The van der Waals surface area contributed by atoms with Crippen molar-refractivity contribution in [3.63, 3.8) is 0 Å². The Bertz CT molecular complexity index is 1090. The van der Waals surface area contributed by atoms with E-state index in [0.29, 0.717) is 22.8 Å². The smallest absolute Gasteiger partial charge is 0.335 e. The van der Waals surface area contributed by atoms with Crippen LogP contribution in [0.15, 0.2) is 24.3 Å². The van der Waals surface area contributed by atoms with Crippen molar-refractivity contribution < 1.29 is 58.7 Å². The van der Waals surface area contributed by atoms with Crippen LogP contribution in [-0.4, -0.2) is 90.6 Å². The molecule has 0 aromatic heterocycles. The number of rotatable bonds is 9. The van der Waals surface area contributed by atoms with Crippen molar-refractivity contribution in [3.05, 3.63) is 35.4 Å². The number of hydrogen-bond donors (Lipinski definition) is 5. The van der Waals surface area contributed by atoms with Crippen LogP contribution in [0.25, 0.3) is 12.2 Å². The largest absolute Gasteiger partial charge is 0.502 e.